The average molecular weight is 1230 g/mol. The molecule has 0 aliphatic rings. The molecule has 0 aliphatic carbocycles. The first-order valence-electron chi connectivity index (χ1n) is 36.3. The van der Waals surface area contributed by atoms with Gasteiger partial charge in [0.25, 0.3) is 0 Å². The molecule has 2 unspecified atom stereocenters. The zero-order chi connectivity index (χ0) is 62.6. The van der Waals surface area contributed by atoms with E-state index in [-0.39, 0.29) is 32.0 Å². The van der Waals surface area contributed by atoms with Gasteiger partial charge >= 0.3 is 19.8 Å². The molecule has 1 N–H and O–H groups in total. The minimum Gasteiger partial charge on any atom is -0.462 e. The number of nitrogens with zero attached hydrogens (tertiary/aromatic N) is 1. The second-order valence-corrected chi connectivity index (χ2v) is 27.0. The number of likely N-dealkylation sites (N-methyl/N-ethyl adjacent to an activating group) is 1. The van der Waals surface area contributed by atoms with Crippen molar-refractivity contribution >= 4 is 19.8 Å². The van der Waals surface area contributed by atoms with E-state index in [4.69, 9.17) is 18.5 Å². The van der Waals surface area contributed by atoms with Gasteiger partial charge in [-0.2, -0.15) is 0 Å². The van der Waals surface area contributed by atoms with Crippen molar-refractivity contribution in [3.63, 3.8) is 0 Å². The summed E-state index contributed by atoms with van der Waals surface area (Å²) in [5.74, 6) is -0.786. The number of esters is 2. The molecule has 86 heavy (non-hydrogen) atoms. The van der Waals surface area contributed by atoms with Crippen molar-refractivity contribution in [3.8, 4) is 0 Å². The van der Waals surface area contributed by atoms with Gasteiger partial charge in [0.2, 0.25) is 0 Å². The molecule has 2 atom stereocenters. The number of hydrogen-bond donors (Lipinski definition) is 1. The van der Waals surface area contributed by atoms with Gasteiger partial charge in [-0.3, -0.25) is 18.6 Å². The van der Waals surface area contributed by atoms with E-state index in [0.29, 0.717) is 17.4 Å². The van der Waals surface area contributed by atoms with Crippen LogP contribution in [-0.2, 0) is 32.7 Å². The van der Waals surface area contributed by atoms with Crippen LogP contribution >= 0.6 is 7.82 Å². The number of allylic oxidation sites excluding steroid dienone is 14. The van der Waals surface area contributed by atoms with Crippen molar-refractivity contribution in [2.45, 2.75) is 341 Å². The van der Waals surface area contributed by atoms with Gasteiger partial charge in [0.15, 0.2) is 6.10 Å². The van der Waals surface area contributed by atoms with Gasteiger partial charge < -0.3 is 18.9 Å². The van der Waals surface area contributed by atoms with Gasteiger partial charge in [0.05, 0.1) is 27.7 Å². The lowest BCUT2D eigenvalue weighted by Crippen LogP contribution is -2.37. The van der Waals surface area contributed by atoms with Gasteiger partial charge in [-0.1, -0.05) is 317 Å². The molecular formula is C76H139NO8P+. The molecule has 0 aromatic rings. The maximum absolute atomic E-state index is 12.9. The van der Waals surface area contributed by atoms with Crippen LogP contribution in [-0.4, -0.2) is 74.9 Å². The number of ether oxygens (including phenoxy) is 2. The molecule has 0 saturated carbocycles. The minimum absolute atomic E-state index is 0.0309. The van der Waals surface area contributed by atoms with Crippen molar-refractivity contribution in [3.05, 3.63) is 85.1 Å². The molecule has 0 bridgehead atoms. The van der Waals surface area contributed by atoms with E-state index in [0.717, 1.165) is 70.6 Å². The number of rotatable bonds is 67. The van der Waals surface area contributed by atoms with E-state index in [9.17, 15) is 19.0 Å². The van der Waals surface area contributed by atoms with E-state index < -0.39 is 26.5 Å². The SMILES string of the molecule is CC/C=C\C/C=C\C/C=C\C/C=C\CCCCCCCCCCCCCCCCCCCCCCCCC(=O)OC(COC(=O)CCCCCCCCCCCCCC/C=C\C/C=C\C/C=C\CCCCCCC)COP(=O)(O)OCC[N+](C)(C)C. The predicted octanol–water partition coefficient (Wildman–Crippen LogP) is 23.7. The van der Waals surface area contributed by atoms with Crippen LogP contribution in [0.2, 0.25) is 0 Å². The number of quaternary nitrogens is 1. The molecule has 0 heterocycles. The summed E-state index contributed by atoms with van der Waals surface area (Å²) in [5.41, 5.74) is 0. The van der Waals surface area contributed by atoms with Crippen LogP contribution in [0, 0.1) is 0 Å². The highest BCUT2D eigenvalue weighted by Crippen LogP contribution is 2.43. The highest BCUT2D eigenvalue weighted by atomic mass is 31.2. The van der Waals surface area contributed by atoms with Crippen LogP contribution in [0.5, 0.6) is 0 Å². The molecule has 0 spiro atoms. The summed E-state index contributed by atoms with van der Waals surface area (Å²) < 4.78 is 34.8. The maximum atomic E-state index is 12.9. The minimum atomic E-state index is -4.39. The highest BCUT2D eigenvalue weighted by Gasteiger charge is 2.27. The molecule has 9 nitrogen and oxygen atoms in total. The molecule has 0 aromatic carbocycles. The molecule has 0 amide bonds. The third kappa shape index (κ3) is 70.3. The molecule has 10 heteroatoms. The topological polar surface area (TPSA) is 108 Å². The number of carbonyl (C=O) groups is 2. The summed E-state index contributed by atoms with van der Waals surface area (Å²) in [5, 5.41) is 0. The van der Waals surface area contributed by atoms with E-state index in [1.807, 2.05) is 21.1 Å². The number of phosphoric ester groups is 1. The summed E-state index contributed by atoms with van der Waals surface area (Å²) >= 11 is 0. The maximum Gasteiger partial charge on any atom is 0.472 e. The van der Waals surface area contributed by atoms with Crippen LogP contribution in [0.15, 0.2) is 85.1 Å². The Morgan fingerprint density at radius 2 is 0.663 bits per heavy atom. The zero-order valence-corrected chi connectivity index (χ0v) is 57.9. The molecule has 0 aliphatic heterocycles. The Morgan fingerprint density at radius 1 is 0.372 bits per heavy atom. The normalized spacial score (nSPS) is 13.6. The average Bonchev–Trinajstić information content (AvgIpc) is 3.56. The lowest BCUT2D eigenvalue weighted by Gasteiger charge is -2.24. The molecule has 500 valence electrons. The van der Waals surface area contributed by atoms with Crippen LogP contribution in [0.3, 0.4) is 0 Å². The molecule has 0 rings (SSSR count). The summed E-state index contributed by atoms with van der Waals surface area (Å²) in [6, 6.07) is 0. The zero-order valence-electron chi connectivity index (χ0n) is 57.0. The van der Waals surface area contributed by atoms with Crippen molar-refractivity contribution in [1.29, 1.82) is 0 Å². The number of unbranched alkanes of at least 4 members (excludes halogenated alkanes) is 39. The fourth-order valence-corrected chi connectivity index (χ4v) is 11.1. The van der Waals surface area contributed by atoms with E-state index in [1.165, 1.54) is 231 Å². The Hall–Kier alpha value is -2.81. The van der Waals surface area contributed by atoms with E-state index in [2.05, 4.69) is 98.9 Å². The predicted molar refractivity (Wildman–Crippen MR) is 372 cm³/mol. The van der Waals surface area contributed by atoms with Crippen LogP contribution < -0.4 is 0 Å². The number of carbonyl (C=O) groups excluding carboxylic acids is 2. The fourth-order valence-electron chi connectivity index (χ4n) is 10.4. The Kier molecular flexibility index (Phi) is 64.4. The first kappa shape index (κ1) is 83.2. The summed E-state index contributed by atoms with van der Waals surface area (Å²) in [6.45, 7) is 4.35. The summed E-state index contributed by atoms with van der Waals surface area (Å²) in [4.78, 5) is 35.9. The smallest absolute Gasteiger partial charge is 0.462 e. The lowest BCUT2D eigenvalue weighted by molar-refractivity contribution is -0.870. The Labute approximate surface area is 532 Å². The molecule has 0 saturated heterocycles. The fraction of sp³-hybridized carbons (Fsp3) is 0.789. The van der Waals surface area contributed by atoms with Crippen LogP contribution in [0.25, 0.3) is 0 Å². The molecular weight excluding hydrogens is 1090 g/mol. The summed E-state index contributed by atoms with van der Waals surface area (Å²) in [6.07, 6.45) is 91.3. The van der Waals surface area contributed by atoms with Crippen LogP contribution in [0.1, 0.15) is 335 Å². The van der Waals surface area contributed by atoms with E-state index in [1.54, 1.807) is 0 Å². The van der Waals surface area contributed by atoms with E-state index >= 15 is 0 Å². The monoisotopic (exact) mass is 1230 g/mol. The number of phosphoric acid groups is 1. The molecule has 0 fully saturated rings. The van der Waals surface area contributed by atoms with Crippen molar-refractivity contribution in [2.24, 2.45) is 0 Å². The quantitative estimate of drug-likeness (QED) is 0.0211. The second kappa shape index (κ2) is 66.6. The van der Waals surface area contributed by atoms with Crippen LogP contribution in [0.4, 0.5) is 0 Å². The standard InChI is InChI=1S/C76H138NO8P/c1-6-8-10-12-14-16-18-20-22-24-26-28-30-32-34-35-36-37-38-39-40-41-43-45-47-49-51-53-55-57-59-61-63-65-67-69-76(79)85-74(73-84-86(80,81)83-71-70-77(3,4)5)72-82-75(78)68-66-64-62-60-58-56-54-52-50-48-46-44-42-33-31-29-27-25-23-21-19-17-15-13-11-9-7-2/h8,10,14,16,19-22,25-28,31,33,74H,6-7,9,11-13,15,17-18,23-24,29-30,32,34-73H2,1-5H3/p+1/b10-8-,16-14-,21-19-,22-20-,27-25-,28-26-,33-31-. The van der Waals surface area contributed by atoms with Gasteiger partial charge in [-0.15, -0.1) is 0 Å². The molecule has 0 radical (unpaired) electrons. The van der Waals surface area contributed by atoms with Gasteiger partial charge in [-0.25, -0.2) is 4.57 Å². The third-order valence-corrected chi connectivity index (χ3v) is 16.9. The number of hydrogen-bond acceptors (Lipinski definition) is 7. The van der Waals surface area contributed by atoms with Gasteiger partial charge in [-0.05, 0) is 89.9 Å². The van der Waals surface area contributed by atoms with Crippen molar-refractivity contribution in [2.75, 3.05) is 47.5 Å². The Balaban J connectivity index is 3.99. The Morgan fingerprint density at radius 3 is 0.988 bits per heavy atom. The third-order valence-electron chi connectivity index (χ3n) is 15.9. The first-order chi connectivity index (χ1) is 42.0. The lowest BCUT2D eigenvalue weighted by atomic mass is 10.0. The molecule has 0 aromatic heterocycles. The van der Waals surface area contributed by atoms with Crippen molar-refractivity contribution in [1.82, 2.24) is 0 Å². The highest BCUT2D eigenvalue weighted by molar-refractivity contribution is 7.47. The Bertz CT molecular complexity index is 1730. The van der Waals surface area contributed by atoms with Gasteiger partial charge in [0.1, 0.15) is 19.8 Å². The van der Waals surface area contributed by atoms with Gasteiger partial charge in [0, 0.05) is 12.8 Å². The summed E-state index contributed by atoms with van der Waals surface area (Å²) in [7, 11) is 1.49. The van der Waals surface area contributed by atoms with Crippen molar-refractivity contribution < 1.29 is 42.1 Å². The first-order valence-corrected chi connectivity index (χ1v) is 37.8. The largest absolute Gasteiger partial charge is 0.472 e. The second-order valence-electron chi connectivity index (χ2n) is 25.6.